The van der Waals surface area contributed by atoms with Crippen LogP contribution in [0.5, 0.6) is 0 Å². The summed E-state index contributed by atoms with van der Waals surface area (Å²) in [6.07, 6.45) is 2.37. The number of hydrogen-bond acceptors (Lipinski definition) is 4. The van der Waals surface area contributed by atoms with Crippen molar-refractivity contribution in [2.24, 2.45) is 0 Å². The fourth-order valence-corrected chi connectivity index (χ4v) is 3.48. The minimum Gasteiger partial charge on any atom is -0.352 e. The van der Waals surface area contributed by atoms with E-state index in [4.69, 9.17) is 0 Å². The molecule has 5 nitrogen and oxygen atoms in total. The average Bonchev–Trinajstić information content (AvgIpc) is 3.16. The van der Waals surface area contributed by atoms with Crippen LogP contribution >= 0.6 is 0 Å². The highest BCUT2D eigenvalue weighted by Crippen LogP contribution is 2.29. The number of aromatic nitrogens is 2. The Balaban J connectivity index is 1.58. The first-order chi connectivity index (χ1) is 13.3. The number of amides is 1. The molecule has 4 rings (SSSR count). The second-order valence-electron chi connectivity index (χ2n) is 6.60. The zero-order chi connectivity index (χ0) is 18.6. The minimum absolute atomic E-state index is 0.0700. The Morgan fingerprint density at radius 2 is 1.85 bits per heavy atom. The predicted molar refractivity (Wildman–Crippen MR) is 107 cm³/mol. The maximum Gasteiger partial charge on any atom is 0.277 e. The standard InChI is InChI=1S/C22H22N4O/c1-2-25(15-17-8-4-3-5-9-17)21-14-19(23-16-24-21)22(27)26-13-12-18-10-6-7-11-20(18)26/h3-11,14,16H,2,12-13,15H2,1H3. The van der Waals surface area contributed by atoms with Gasteiger partial charge in [0.2, 0.25) is 0 Å². The van der Waals surface area contributed by atoms with E-state index < -0.39 is 0 Å². The molecule has 2 heterocycles. The molecule has 0 bridgehead atoms. The van der Waals surface area contributed by atoms with Crippen LogP contribution in [0.4, 0.5) is 11.5 Å². The van der Waals surface area contributed by atoms with Gasteiger partial charge in [0, 0.05) is 31.4 Å². The van der Waals surface area contributed by atoms with E-state index in [9.17, 15) is 4.79 Å². The minimum atomic E-state index is -0.0700. The fourth-order valence-electron chi connectivity index (χ4n) is 3.48. The van der Waals surface area contributed by atoms with Gasteiger partial charge in [-0.15, -0.1) is 0 Å². The lowest BCUT2D eigenvalue weighted by Crippen LogP contribution is -2.30. The van der Waals surface area contributed by atoms with Crippen molar-refractivity contribution in [2.75, 3.05) is 22.9 Å². The SMILES string of the molecule is CCN(Cc1ccccc1)c1cc(C(=O)N2CCc3ccccc32)ncn1. The highest BCUT2D eigenvalue weighted by atomic mass is 16.2. The first kappa shape index (κ1) is 17.2. The summed E-state index contributed by atoms with van der Waals surface area (Å²) >= 11 is 0. The number of para-hydroxylation sites is 1. The molecular formula is C22H22N4O. The van der Waals surface area contributed by atoms with E-state index in [2.05, 4.69) is 40.0 Å². The van der Waals surface area contributed by atoms with Crippen molar-refractivity contribution in [1.29, 1.82) is 0 Å². The lowest BCUT2D eigenvalue weighted by atomic mass is 10.2. The van der Waals surface area contributed by atoms with Crippen LogP contribution in [-0.2, 0) is 13.0 Å². The fraction of sp³-hybridized carbons (Fsp3) is 0.227. The molecule has 0 N–H and O–H groups in total. The molecule has 0 saturated carbocycles. The van der Waals surface area contributed by atoms with E-state index >= 15 is 0 Å². The summed E-state index contributed by atoms with van der Waals surface area (Å²) in [6, 6.07) is 20.1. The van der Waals surface area contributed by atoms with Crippen LogP contribution in [0, 0.1) is 0 Å². The van der Waals surface area contributed by atoms with Gasteiger partial charge < -0.3 is 9.80 Å². The molecule has 2 aromatic carbocycles. The number of anilines is 2. The smallest absolute Gasteiger partial charge is 0.277 e. The van der Waals surface area contributed by atoms with Crippen molar-refractivity contribution in [1.82, 2.24) is 9.97 Å². The molecule has 0 saturated heterocycles. The van der Waals surface area contributed by atoms with Gasteiger partial charge in [0.05, 0.1) is 0 Å². The maximum atomic E-state index is 13.0. The van der Waals surface area contributed by atoms with Gasteiger partial charge in [-0.3, -0.25) is 4.79 Å². The van der Waals surface area contributed by atoms with E-state index in [1.54, 1.807) is 6.07 Å². The molecule has 3 aromatic rings. The number of carbonyl (C=O) groups is 1. The van der Waals surface area contributed by atoms with E-state index in [-0.39, 0.29) is 5.91 Å². The van der Waals surface area contributed by atoms with Gasteiger partial charge in [0.1, 0.15) is 17.8 Å². The van der Waals surface area contributed by atoms with Crippen LogP contribution in [0.2, 0.25) is 0 Å². The summed E-state index contributed by atoms with van der Waals surface area (Å²) in [6.45, 7) is 4.32. The first-order valence-electron chi connectivity index (χ1n) is 9.27. The summed E-state index contributed by atoms with van der Waals surface area (Å²) in [4.78, 5) is 25.7. The van der Waals surface area contributed by atoms with Gasteiger partial charge in [0.25, 0.3) is 5.91 Å². The molecule has 0 radical (unpaired) electrons. The third-order valence-corrected chi connectivity index (χ3v) is 4.93. The summed E-state index contributed by atoms with van der Waals surface area (Å²) < 4.78 is 0. The highest BCUT2D eigenvalue weighted by molar-refractivity contribution is 6.06. The summed E-state index contributed by atoms with van der Waals surface area (Å²) in [7, 11) is 0. The number of carbonyl (C=O) groups excluding carboxylic acids is 1. The molecule has 1 aliphatic heterocycles. The van der Waals surface area contributed by atoms with Gasteiger partial charge in [-0.1, -0.05) is 48.5 Å². The van der Waals surface area contributed by atoms with Crippen molar-refractivity contribution in [3.63, 3.8) is 0 Å². The summed E-state index contributed by atoms with van der Waals surface area (Å²) in [5, 5.41) is 0. The Morgan fingerprint density at radius 3 is 2.67 bits per heavy atom. The average molecular weight is 358 g/mol. The first-order valence-corrected chi connectivity index (χ1v) is 9.27. The van der Waals surface area contributed by atoms with E-state index in [1.165, 1.54) is 17.5 Å². The molecule has 1 aromatic heterocycles. The third kappa shape index (κ3) is 3.53. The van der Waals surface area contributed by atoms with Gasteiger partial charge in [-0.25, -0.2) is 9.97 Å². The second-order valence-corrected chi connectivity index (χ2v) is 6.60. The van der Waals surface area contributed by atoms with Gasteiger partial charge in [0.15, 0.2) is 0 Å². The van der Waals surface area contributed by atoms with Crippen LogP contribution in [0.25, 0.3) is 0 Å². The molecule has 136 valence electrons. The number of rotatable bonds is 5. The van der Waals surface area contributed by atoms with Crippen LogP contribution in [0.3, 0.4) is 0 Å². The molecule has 27 heavy (non-hydrogen) atoms. The molecule has 0 aliphatic carbocycles. The predicted octanol–water partition coefficient (Wildman–Crippen LogP) is 3.71. The van der Waals surface area contributed by atoms with E-state index in [0.29, 0.717) is 12.2 Å². The molecule has 0 atom stereocenters. The molecule has 1 aliphatic rings. The quantitative estimate of drug-likeness (QED) is 0.698. The van der Waals surface area contributed by atoms with E-state index in [0.717, 1.165) is 31.0 Å². The van der Waals surface area contributed by atoms with Gasteiger partial charge >= 0.3 is 0 Å². The summed E-state index contributed by atoms with van der Waals surface area (Å²) in [5.41, 5.74) is 3.83. The Bertz CT molecular complexity index is 942. The van der Waals surface area contributed by atoms with Crippen molar-refractivity contribution in [2.45, 2.75) is 19.9 Å². The maximum absolute atomic E-state index is 13.0. The Labute approximate surface area is 159 Å². The van der Waals surface area contributed by atoms with Gasteiger partial charge in [-0.05, 0) is 30.5 Å². The number of nitrogens with zero attached hydrogens (tertiary/aromatic N) is 4. The van der Waals surface area contributed by atoms with Crippen molar-refractivity contribution >= 4 is 17.4 Å². The summed E-state index contributed by atoms with van der Waals surface area (Å²) in [5.74, 6) is 0.701. The number of fused-ring (bicyclic) bond motifs is 1. The molecule has 0 unspecified atom stereocenters. The zero-order valence-electron chi connectivity index (χ0n) is 15.4. The van der Waals surface area contributed by atoms with Crippen LogP contribution in [0.1, 0.15) is 28.5 Å². The lowest BCUT2D eigenvalue weighted by molar-refractivity contribution is 0.0984. The normalized spacial score (nSPS) is 12.7. The van der Waals surface area contributed by atoms with Crippen LogP contribution in [0.15, 0.2) is 67.0 Å². The Hall–Kier alpha value is -3.21. The molecule has 0 spiro atoms. The monoisotopic (exact) mass is 358 g/mol. The highest BCUT2D eigenvalue weighted by Gasteiger charge is 2.26. The number of benzene rings is 2. The Morgan fingerprint density at radius 1 is 1.07 bits per heavy atom. The van der Waals surface area contributed by atoms with Crippen molar-refractivity contribution < 1.29 is 4.79 Å². The molecule has 1 amide bonds. The van der Waals surface area contributed by atoms with Crippen LogP contribution < -0.4 is 9.80 Å². The molecule has 0 fully saturated rings. The molecular weight excluding hydrogens is 336 g/mol. The van der Waals surface area contributed by atoms with Gasteiger partial charge in [-0.2, -0.15) is 0 Å². The zero-order valence-corrected chi connectivity index (χ0v) is 15.4. The van der Waals surface area contributed by atoms with E-state index in [1.807, 2.05) is 41.3 Å². The topological polar surface area (TPSA) is 49.3 Å². The van der Waals surface area contributed by atoms with Crippen molar-refractivity contribution in [3.05, 3.63) is 83.8 Å². The third-order valence-electron chi connectivity index (χ3n) is 4.93. The second kappa shape index (κ2) is 7.58. The Kier molecular flexibility index (Phi) is 4.83. The largest absolute Gasteiger partial charge is 0.352 e. The lowest BCUT2D eigenvalue weighted by Gasteiger charge is -2.23. The number of hydrogen-bond donors (Lipinski definition) is 0. The molecule has 5 heteroatoms. The van der Waals surface area contributed by atoms with Crippen molar-refractivity contribution in [3.8, 4) is 0 Å². The van der Waals surface area contributed by atoms with Crippen LogP contribution in [-0.4, -0.2) is 29.0 Å².